The largest absolute Gasteiger partial charge is 0.423 e. The van der Waals surface area contributed by atoms with Gasteiger partial charge in [-0.25, -0.2) is 9.59 Å². The maximum atomic E-state index is 11.6. The first-order valence-electron chi connectivity index (χ1n) is 8.01. The Hall–Kier alpha value is -3.21. The Morgan fingerprint density at radius 3 is 1.54 bits per heavy atom. The van der Waals surface area contributed by atoms with E-state index in [1.807, 2.05) is 26.0 Å². The summed E-state index contributed by atoms with van der Waals surface area (Å²) in [4.78, 5) is 34.0. The highest BCUT2D eigenvalue weighted by Crippen LogP contribution is 2.31. The van der Waals surface area contributed by atoms with Gasteiger partial charge in [0.05, 0.1) is 0 Å². The standard InChI is InChI=1S/C21H20O5/c1-12(2)20(23)25-16-6-8-18(13(3)10-16)19-9-7-17(11-14(19)4)26-21(24)15(5)22/h6-11H,1H2,2-5H3. The Morgan fingerprint density at radius 2 is 1.19 bits per heavy atom. The third kappa shape index (κ3) is 4.45. The smallest absolute Gasteiger partial charge is 0.379 e. The molecule has 5 heteroatoms. The second-order valence-electron chi connectivity index (χ2n) is 6.07. The Kier molecular flexibility index (Phi) is 5.72. The van der Waals surface area contributed by atoms with Crippen LogP contribution >= 0.6 is 0 Å². The van der Waals surface area contributed by atoms with Gasteiger partial charge in [-0.3, -0.25) is 4.79 Å². The molecular weight excluding hydrogens is 332 g/mol. The first-order valence-corrected chi connectivity index (χ1v) is 8.01. The van der Waals surface area contributed by atoms with Gasteiger partial charge >= 0.3 is 11.9 Å². The molecule has 0 heterocycles. The van der Waals surface area contributed by atoms with Crippen LogP contribution in [0.15, 0.2) is 48.6 Å². The number of carbonyl (C=O) groups excluding carboxylic acids is 3. The van der Waals surface area contributed by atoms with E-state index in [1.165, 1.54) is 0 Å². The van der Waals surface area contributed by atoms with Crippen molar-refractivity contribution in [3.8, 4) is 22.6 Å². The van der Waals surface area contributed by atoms with Crippen LogP contribution in [0.4, 0.5) is 0 Å². The van der Waals surface area contributed by atoms with Gasteiger partial charge in [-0.15, -0.1) is 0 Å². The van der Waals surface area contributed by atoms with Gasteiger partial charge in [0.2, 0.25) is 5.78 Å². The topological polar surface area (TPSA) is 69.7 Å². The molecule has 2 rings (SSSR count). The molecule has 0 fully saturated rings. The third-order valence-corrected chi connectivity index (χ3v) is 3.74. The van der Waals surface area contributed by atoms with Crippen LogP contribution in [0.3, 0.4) is 0 Å². The summed E-state index contributed by atoms with van der Waals surface area (Å²) in [6, 6.07) is 10.5. The molecule has 5 nitrogen and oxygen atoms in total. The molecule has 0 atom stereocenters. The van der Waals surface area contributed by atoms with E-state index in [0.717, 1.165) is 29.2 Å². The summed E-state index contributed by atoms with van der Waals surface area (Å²) in [5, 5.41) is 0. The third-order valence-electron chi connectivity index (χ3n) is 3.74. The average molecular weight is 352 g/mol. The van der Waals surface area contributed by atoms with Gasteiger partial charge in [-0.1, -0.05) is 18.7 Å². The first kappa shape index (κ1) is 19.1. The minimum absolute atomic E-state index is 0.316. The van der Waals surface area contributed by atoms with Crippen molar-refractivity contribution >= 4 is 17.7 Å². The number of aryl methyl sites for hydroxylation is 2. The molecule has 0 aliphatic rings. The van der Waals surface area contributed by atoms with Crippen LogP contribution in [0.5, 0.6) is 11.5 Å². The Morgan fingerprint density at radius 1 is 0.769 bits per heavy atom. The number of rotatable bonds is 5. The van der Waals surface area contributed by atoms with Crippen molar-refractivity contribution in [2.45, 2.75) is 27.7 Å². The maximum Gasteiger partial charge on any atom is 0.379 e. The molecular formula is C21H20O5. The van der Waals surface area contributed by atoms with Crippen molar-refractivity contribution in [2.24, 2.45) is 0 Å². The highest BCUT2D eigenvalue weighted by Gasteiger charge is 2.13. The lowest BCUT2D eigenvalue weighted by molar-refractivity contribution is -0.146. The van der Waals surface area contributed by atoms with Crippen molar-refractivity contribution in [2.75, 3.05) is 0 Å². The van der Waals surface area contributed by atoms with Crippen molar-refractivity contribution in [1.82, 2.24) is 0 Å². The second kappa shape index (κ2) is 7.78. The summed E-state index contributed by atoms with van der Waals surface area (Å²) in [5.74, 6) is -1.25. The summed E-state index contributed by atoms with van der Waals surface area (Å²) in [7, 11) is 0. The summed E-state index contributed by atoms with van der Waals surface area (Å²) in [5.41, 5.74) is 4.05. The predicted molar refractivity (Wildman–Crippen MR) is 98.1 cm³/mol. The van der Waals surface area contributed by atoms with Gasteiger partial charge in [0.25, 0.3) is 0 Å². The quantitative estimate of drug-likeness (QED) is 0.353. The monoisotopic (exact) mass is 352 g/mol. The van der Waals surface area contributed by atoms with Gasteiger partial charge < -0.3 is 9.47 Å². The molecule has 0 radical (unpaired) electrons. The minimum Gasteiger partial charge on any atom is -0.423 e. The van der Waals surface area contributed by atoms with Crippen LogP contribution in [0.2, 0.25) is 0 Å². The van der Waals surface area contributed by atoms with Gasteiger partial charge in [-0.2, -0.15) is 0 Å². The molecule has 134 valence electrons. The lowest BCUT2D eigenvalue weighted by Gasteiger charge is -2.13. The van der Waals surface area contributed by atoms with E-state index in [1.54, 1.807) is 31.2 Å². The Bertz CT molecular complexity index is 833. The van der Waals surface area contributed by atoms with Gasteiger partial charge in [-0.05, 0) is 67.3 Å². The molecule has 0 amide bonds. The number of hydrogen-bond acceptors (Lipinski definition) is 5. The fourth-order valence-electron chi connectivity index (χ4n) is 2.38. The fraction of sp³-hybridized carbons (Fsp3) is 0.190. The normalized spacial score (nSPS) is 10.2. The van der Waals surface area contributed by atoms with Crippen LogP contribution in [0.1, 0.15) is 25.0 Å². The molecule has 0 aromatic heterocycles. The van der Waals surface area contributed by atoms with Gasteiger partial charge in [0.15, 0.2) is 0 Å². The average Bonchev–Trinajstić information content (AvgIpc) is 2.55. The molecule has 0 saturated carbocycles. The highest BCUT2D eigenvalue weighted by atomic mass is 16.5. The second-order valence-corrected chi connectivity index (χ2v) is 6.07. The van der Waals surface area contributed by atoms with Crippen molar-refractivity contribution in [3.05, 3.63) is 59.7 Å². The number of carbonyl (C=O) groups is 3. The van der Waals surface area contributed by atoms with Gasteiger partial charge in [0, 0.05) is 12.5 Å². The molecule has 2 aromatic carbocycles. The molecule has 2 aromatic rings. The maximum absolute atomic E-state index is 11.6. The predicted octanol–water partition coefficient (Wildman–Crippen LogP) is 3.95. The summed E-state index contributed by atoms with van der Waals surface area (Å²) in [6.45, 7) is 10.1. The zero-order valence-corrected chi connectivity index (χ0v) is 15.2. The van der Waals surface area contributed by atoms with E-state index < -0.39 is 17.7 Å². The fourth-order valence-corrected chi connectivity index (χ4v) is 2.38. The van der Waals surface area contributed by atoms with E-state index in [9.17, 15) is 14.4 Å². The van der Waals surface area contributed by atoms with E-state index in [0.29, 0.717) is 17.1 Å². The van der Waals surface area contributed by atoms with E-state index in [4.69, 9.17) is 9.47 Å². The lowest BCUT2D eigenvalue weighted by atomic mass is 9.96. The van der Waals surface area contributed by atoms with Crippen LogP contribution in [0.25, 0.3) is 11.1 Å². The van der Waals surface area contributed by atoms with Crippen LogP contribution < -0.4 is 9.47 Å². The van der Waals surface area contributed by atoms with E-state index in [-0.39, 0.29) is 0 Å². The number of esters is 2. The van der Waals surface area contributed by atoms with Crippen LogP contribution in [-0.2, 0) is 14.4 Å². The summed E-state index contributed by atoms with van der Waals surface area (Å²) < 4.78 is 10.2. The highest BCUT2D eigenvalue weighted by molar-refractivity contribution is 6.33. The number of benzene rings is 2. The molecule has 0 spiro atoms. The number of hydrogen-bond donors (Lipinski definition) is 0. The summed E-state index contributed by atoms with van der Waals surface area (Å²) in [6.07, 6.45) is 0. The lowest BCUT2D eigenvalue weighted by Crippen LogP contribution is -2.16. The van der Waals surface area contributed by atoms with Crippen molar-refractivity contribution in [1.29, 1.82) is 0 Å². The molecule has 26 heavy (non-hydrogen) atoms. The van der Waals surface area contributed by atoms with Crippen molar-refractivity contribution in [3.63, 3.8) is 0 Å². The molecule has 0 unspecified atom stereocenters. The van der Waals surface area contributed by atoms with Crippen LogP contribution in [-0.4, -0.2) is 17.7 Å². The summed E-state index contributed by atoms with van der Waals surface area (Å²) >= 11 is 0. The molecule has 0 bridgehead atoms. The number of ether oxygens (including phenoxy) is 2. The van der Waals surface area contributed by atoms with E-state index >= 15 is 0 Å². The SMILES string of the molecule is C=C(C)C(=O)Oc1ccc(-c2ccc(OC(=O)C(C)=O)cc2C)c(C)c1. The number of Topliss-reactive ketones (excluding diaryl/α,β-unsaturated/α-hetero) is 1. The number of ketones is 1. The zero-order chi connectivity index (χ0) is 19.4. The minimum atomic E-state index is -0.892. The van der Waals surface area contributed by atoms with Gasteiger partial charge in [0.1, 0.15) is 11.5 Å². The molecule has 0 aliphatic heterocycles. The molecule has 0 N–H and O–H groups in total. The van der Waals surface area contributed by atoms with E-state index in [2.05, 4.69) is 6.58 Å². The zero-order valence-electron chi connectivity index (χ0n) is 15.2. The van der Waals surface area contributed by atoms with Crippen molar-refractivity contribution < 1.29 is 23.9 Å². The Labute approximate surface area is 152 Å². The van der Waals surface area contributed by atoms with Crippen LogP contribution in [0, 0.1) is 13.8 Å². The molecule has 0 aliphatic carbocycles. The first-order chi connectivity index (χ1) is 12.2. The Balaban J connectivity index is 2.28. The molecule has 0 saturated heterocycles.